The Hall–Kier alpha value is -3.66. The Morgan fingerprint density at radius 2 is 1.86 bits per heavy atom. The first-order chi connectivity index (χ1) is 17.1. The third-order valence-corrected chi connectivity index (χ3v) is 6.27. The lowest BCUT2D eigenvalue weighted by molar-refractivity contribution is -0.146. The van der Waals surface area contributed by atoms with E-state index >= 15 is 0 Å². The molecule has 1 amide bonds. The van der Waals surface area contributed by atoms with Crippen molar-refractivity contribution in [2.45, 2.75) is 45.1 Å². The molecular weight excluding hydrogens is 473 g/mol. The number of amides is 1. The molecule has 1 saturated heterocycles. The fraction of sp³-hybridized carbons (Fsp3) is 0.346. The zero-order valence-corrected chi connectivity index (χ0v) is 20.2. The van der Waals surface area contributed by atoms with Crippen molar-refractivity contribution in [3.63, 3.8) is 0 Å². The van der Waals surface area contributed by atoms with Gasteiger partial charge in [0, 0.05) is 30.4 Å². The molecule has 1 fully saturated rings. The van der Waals surface area contributed by atoms with Crippen LogP contribution in [-0.2, 0) is 22.3 Å². The number of carbonyl (C=O) groups is 2. The second-order valence-corrected chi connectivity index (χ2v) is 8.92. The lowest BCUT2D eigenvalue weighted by Gasteiger charge is -2.24. The minimum Gasteiger partial charge on any atom is -0.468 e. The topological polar surface area (TPSA) is 76.5 Å². The molecule has 0 unspecified atom stereocenters. The van der Waals surface area contributed by atoms with Gasteiger partial charge in [0.25, 0.3) is 5.91 Å². The number of alkyl halides is 3. The summed E-state index contributed by atoms with van der Waals surface area (Å²) in [5.41, 5.74) is 2.24. The van der Waals surface area contributed by atoms with Gasteiger partial charge in [0.05, 0.1) is 24.1 Å². The first kappa shape index (κ1) is 25.4. The lowest BCUT2D eigenvalue weighted by Crippen LogP contribution is -2.38. The molecule has 7 nitrogen and oxygen atoms in total. The van der Waals surface area contributed by atoms with Crippen LogP contribution in [-0.4, -0.2) is 52.3 Å². The normalized spacial score (nSPS) is 18.3. The molecule has 4 rings (SSSR count). The van der Waals surface area contributed by atoms with Crippen LogP contribution in [0.5, 0.6) is 0 Å². The fourth-order valence-corrected chi connectivity index (χ4v) is 4.66. The van der Waals surface area contributed by atoms with E-state index in [4.69, 9.17) is 4.74 Å². The number of likely N-dealkylation sites (tertiary alicyclic amines) is 1. The van der Waals surface area contributed by atoms with Crippen molar-refractivity contribution >= 4 is 11.9 Å². The highest BCUT2D eigenvalue weighted by Crippen LogP contribution is 2.33. The van der Waals surface area contributed by atoms with E-state index in [9.17, 15) is 22.8 Å². The molecule has 2 heterocycles. The van der Waals surface area contributed by atoms with E-state index in [0.29, 0.717) is 5.56 Å². The summed E-state index contributed by atoms with van der Waals surface area (Å²) in [7, 11) is 1.24. The largest absolute Gasteiger partial charge is 0.468 e. The molecule has 0 radical (unpaired) electrons. The molecule has 3 aromatic rings. The van der Waals surface area contributed by atoms with E-state index in [0.717, 1.165) is 23.1 Å². The zero-order chi connectivity index (χ0) is 26.0. The van der Waals surface area contributed by atoms with E-state index in [1.165, 1.54) is 25.3 Å². The van der Waals surface area contributed by atoms with Gasteiger partial charge in [-0.1, -0.05) is 24.3 Å². The van der Waals surface area contributed by atoms with E-state index in [1.54, 1.807) is 27.8 Å². The van der Waals surface area contributed by atoms with Gasteiger partial charge >= 0.3 is 12.1 Å². The number of carbonyl (C=O) groups excluding carboxylic acids is 2. The molecule has 1 aliphatic rings. The van der Waals surface area contributed by atoms with Gasteiger partial charge in [0.2, 0.25) is 0 Å². The van der Waals surface area contributed by atoms with Gasteiger partial charge in [0.1, 0.15) is 6.04 Å². The Bertz CT molecular complexity index is 1270. The van der Waals surface area contributed by atoms with Crippen LogP contribution in [0.3, 0.4) is 0 Å². The van der Waals surface area contributed by atoms with Crippen LogP contribution in [0, 0.1) is 13.8 Å². The summed E-state index contributed by atoms with van der Waals surface area (Å²) in [5.74, 6) is -0.896. The van der Waals surface area contributed by atoms with Crippen LogP contribution in [0.4, 0.5) is 13.2 Å². The maximum Gasteiger partial charge on any atom is 0.416 e. The standard InChI is InChI=1S/C26H27F3N4O3/c1-16-11-17(2)33(31-16)21-9-6-8-18(12-21)24(34)30-20-13-23(25(35)36-3)32(15-20)14-19-7-4-5-10-22(19)26(27,28)29/h4-12,20,23H,13-15H2,1-3H3,(H,30,34)/t20-,23+/m1/s1. The number of hydrogen-bond donors (Lipinski definition) is 1. The summed E-state index contributed by atoms with van der Waals surface area (Å²) < 4.78 is 47.1. The summed E-state index contributed by atoms with van der Waals surface area (Å²) in [4.78, 5) is 27.1. The fourth-order valence-electron chi connectivity index (χ4n) is 4.66. The van der Waals surface area contributed by atoms with Crippen LogP contribution in [0.25, 0.3) is 5.69 Å². The highest BCUT2D eigenvalue weighted by atomic mass is 19.4. The highest BCUT2D eigenvalue weighted by Gasteiger charge is 2.40. The van der Waals surface area contributed by atoms with E-state index in [-0.39, 0.29) is 31.0 Å². The van der Waals surface area contributed by atoms with E-state index in [1.807, 2.05) is 26.0 Å². The molecule has 2 aromatic carbocycles. The number of methoxy groups -OCH3 is 1. The molecule has 190 valence electrons. The number of benzene rings is 2. The Morgan fingerprint density at radius 1 is 1.11 bits per heavy atom. The summed E-state index contributed by atoms with van der Waals surface area (Å²) in [5, 5.41) is 7.37. The summed E-state index contributed by atoms with van der Waals surface area (Å²) in [6.07, 6.45) is -4.29. The Balaban J connectivity index is 1.51. The van der Waals surface area contributed by atoms with E-state index in [2.05, 4.69) is 10.4 Å². The third kappa shape index (κ3) is 5.43. The van der Waals surface area contributed by atoms with Gasteiger partial charge in [-0.25, -0.2) is 4.68 Å². The van der Waals surface area contributed by atoms with Crippen molar-refractivity contribution in [2.75, 3.05) is 13.7 Å². The SMILES string of the molecule is COC(=O)[C@@H]1C[C@@H](NC(=O)c2cccc(-n3nc(C)cc3C)c2)CN1Cc1ccccc1C(F)(F)F. The van der Waals surface area contributed by atoms with Crippen LogP contribution in [0.15, 0.2) is 54.6 Å². The highest BCUT2D eigenvalue weighted by molar-refractivity contribution is 5.95. The molecule has 36 heavy (non-hydrogen) atoms. The molecule has 2 atom stereocenters. The Morgan fingerprint density at radius 3 is 2.53 bits per heavy atom. The minimum atomic E-state index is -4.51. The number of nitrogens with zero attached hydrogens (tertiary/aromatic N) is 3. The number of halogens is 3. The van der Waals surface area contributed by atoms with Crippen molar-refractivity contribution in [3.05, 3.63) is 82.7 Å². The number of ether oxygens (including phenoxy) is 1. The van der Waals surface area contributed by atoms with Crippen molar-refractivity contribution in [1.82, 2.24) is 20.0 Å². The summed E-state index contributed by atoms with van der Waals surface area (Å²) in [6, 6.07) is 13.0. The first-order valence-electron chi connectivity index (χ1n) is 11.5. The molecule has 1 aromatic heterocycles. The van der Waals surface area contributed by atoms with Gasteiger partial charge in [-0.3, -0.25) is 14.5 Å². The molecular formula is C26H27F3N4O3. The monoisotopic (exact) mass is 500 g/mol. The summed E-state index contributed by atoms with van der Waals surface area (Å²) in [6.45, 7) is 3.91. The van der Waals surface area contributed by atoms with Gasteiger partial charge in [-0.15, -0.1) is 0 Å². The molecule has 1 aliphatic heterocycles. The van der Waals surface area contributed by atoms with Gasteiger partial charge < -0.3 is 10.1 Å². The van der Waals surface area contributed by atoms with Gasteiger partial charge in [-0.05, 0) is 56.2 Å². The Labute approximate surface area is 206 Å². The predicted molar refractivity (Wildman–Crippen MR) is 127 cm³/mol. The number of nitrogens with one attached hydrogen (secondary N) is 1. The van der Waals surface area contributed by atoms with Crippen molar-refractivity contribution in [3.8, 4) is 5.69 Å². The van der Waals surface area contributed by atoms with Crippen molar-refractivity contribution in [1.29, 1.82) is 0 Å². The number of aryl methyl sites for hydroxylation is 2. The van der Waals surface area contributed by atoms with Crippen molar-refractivity contribution in [2.24, 2.45) is 0 Å². The summed E-state index contributed by atoms with van der Waals surface area (Å²) >= 11 is 0. The van der Waals surface area contributed by atoms with E-state index < -0.39 is 29.8 Å². The average molecular weight is 501 g/mol. The Kier molecular flexibility index (Phi) is 7.16. The lowest BCUT2D eigenvalue weighted by atomic mass is 10.1. The third-order valence-electron chi connectivity index (χ3n) is 6.27. The zero-order valence-electron chi connectivity index (χ0n) is 20.2. The molecule has 0 bridgehead atoms. The van der Waals surface area contributed by atoms with Crippen LogP contribution in [0.2, 0.25) is 0 Å². The van der Waals surface area contributed by atoms with Crippen LogP contribution >= 0.6 is 0 Å². The number of esters is 1. The molecule has 0 saturated carbocycles. The maximum absolute atomic E-state index is 13.5. The second kappa shape index (κ2) is 10.1. The van der Waals surface area contributed by atoms with Gasteiger partial charge in [-0.2, -0.15) is 18.3 Å². The smallest absolute Gasteiger partial charge is 0.416 e. The van der Waals surface area contributed by atoms with Crippen molar-refractivity contribution < 1.29 is 27.5 Å². The van der Waals surface area contributed by atoms with Crippen LogP contribution < -0.4 is 5.32 Å². The average Bonchev–Trinajstić information content (AvgIpc) is 3.39. The predicted octanol–water partition coefficient (Wildman–Crippen LogP) is 4.05. The maximum atomic E-state index is 13.5. The first-order valence-corrected chi connectivity index (χ1v) is 11.5. The molecule has 0 aliphatic carbocycles. The minimum absolute atomic E-state index is 0.0588. The second-order valence-electron chi connectivity index (χ2n) is 8.92. The molecule has 0 spiro atoms. The quantitative estimate of drug-likeness (QED) is 0.517. The van der Waals surface area contributed by atoms with Crippen LogP contribution in [0.1, 0.15) is 39.3 Å². The number of aromatic nitrogens is 2. The number of hydrogen-bond acceptors (Lipinski definition) is 5. The molecule has 1 N–H and O–H groups in total. The molecule has 10 heteroatoms. The van der Waals surface area contributed by atoms with Gasteiger partial charge in [0.15, 0.2) is 0 Å². The number of rotatable bonds is 6.